The summed E-state index contributed by atoms with van der Waals surface area (Å²) in [6, 6.07) is 16.0. The van der Waals surface area contributed by atoms with Crippen LogP contribution in [0.3, 0.4) is 0 Å². The van der Waals surface area contributed by atoms with Gasteiger partial charge in [-0.1, -0.05) is 32.0 Å². The molecule has 0 aliphatic carbocycles. The van der Waals surface area contributed by atoms with Crippen LogP contribution in [0.25, 0.3) is 16.8 Å². The lowest BCUT2D eigenvalue weighted by Gasteiger charge is -2.09. The molecule has 0 bridgehead atoms. The van der Waals surface area contributed by atoms with Crippen LogP contribution in [0.4, 0.5) is 17.2 Å². The molecule has 0 amide bonds. The number of nitrogens with one attached hydrogen (secondary N) is 1. The maximum Gasteiger partial charge on any atom is 0.127 e. The van der Waals surface area contributed by atoms with Gasteiger partial charge in [0.15, 0.2) is 0 Å². The molecule has 9 heteroatoms. The van der Waals surface area contributed by atoms with E-state index >= 15 is 0 Å². The predicted octanol–water partition coefficient (Wildman–Crippen LogP) is 3.34. The van der Waals surface area contributed by atoms with Gasteiger partial charge in [0.05, 0.1) is 36.0 Å². The van der Waals surface area contributed by atoms with E-state index in [4.69, 9.17) is 25.4 Å². The summed E-state index contributed by atoms with van der Waals surface area (Å²) >= 11 is 0. The van der Waals surface area contributed by atoms with E-state index in [2.05, 4.69) is 28.2 Å². The van der Waals surface area contributed by atoms with Crippen LogP contribution in [0.2, 0.25) is 0 Å². The molecule has 2 aromatic carbocycles. The second-order valence-electron chi connectivity index (χ2n) is 8.04. The van der Waals surface area contributed by atoms with Crippen molar-refractivity contribution >= 4 is 23.9 Å². The molecule has 3 heterocycles. The molecule has 0 radical (unpaired) electrons. The molecule has 2 aliphatic heterocycles. The molecule has 9 nitrogen and oxygen atoms in total. The summed E-state index contributed by atoms with van der Waals surface area (Å²) in [6.45, 7) is 10.1. The molecule has 0 saturated carbocycles. The normalized spacial score (nSPS) is 22.3. The van der Waals surface area contributed by atoms with Crippen LogP contribution in [0.5, 0.6) is 0 Å². The smallest absolute Gasteiger partial charge is 0.127 e. The molecule has 2 fully saturated rings. The zero-order valence-corrected chi connectivity index (χ0v) is 20.7. The molecule has 1 aromatic heterocycles. The van der Waals surface area contributed by atoms with Crippen LogP contribution in [-0.4, -0.2) is 71.4 Å². The molecule has 5 N–H and O–H groups in total. The number of aliphatic hydroxyl groups excluding tert-OH is 2. The van der Waals surface area contributed by atoms with E-state index in [1.807, 2.05) is 70.3 Å². The van der Waals surface area contributed by atoms with E-state index in [0.29, 0.717) is 5.82 Å². The Hall–Kier alpha value is -3.24. The molecule has 4 unspecified atom stereocenters. The number of hydrogen-bond acceptors (Lipinski definition) is 8. The number of nitrogens with zero attached hydrogens (tertiary/aromatic N) is 3. The lowest BCUT2D eigenvalue weighted by Crippen LogP contribution is -2.30. The van der Waals surface area contributed by atoms with Gasteiger partial charge in [-0.25, -0.2) is 4.68 Å². The molecule has 0 spiro atoms. The fraction of sp³-hybridized carbons (Fsp3) is 0.385. The van der Waals surface area contributed by atoms with Gasteiger partial charge in [0.25, 0.3) is 0 Å². The Morgan fingerprint density at radius 1 is 1.00 bits per heavy atom. The number of aliphatic hydroxyl groups is 2. The van der Waals surface area contributed by atoms with Crippen LogP contribution in [0, 0.1) is 6.92 Å². The lowest BCUT2D eigenvalue weighted by atomic mass is 10.0. The number of fused-ring (bicyclic) bond motifs is 1. The second-order valence-corrected chi connectivity index (χ2v) is 8.04. The van der Waals surface area contributed by atoms with Gasteiger partial charge < -0.3 is 30.7 Å². The Morgan fingerprint density at radius 2 is 1.57 bits per heavy atom. The Bertz CT molecular complexity index is 1100. The summed E-state index contributed by atoms with van der Waals surface area (Å²) < 4.78 is 11.9. The van der Waals surface area contributed by atoms with Crippen LogP contribution in [0.1, 0.15) is 19.5 Å². The van der Waals surface area contributed by atoms with Crippen LogP contribution >= 0.6 is 0 Å². The van der Waals surface area contributed by atoms with Gasteiger partial charge in [-0.2, -0.15) is 5.10 Å². The van der Waals surface area contributed by atoms with E-state index in [1.54, 1.807) is 4.68 Å². The maximum atomic E-state index is 9.16. The highest BCUT2D eigenvalue weighted by Crippen LogP contribution is 2.31. The van der Waals surface area contributed by atoms with Crippen molar-refractivity contribution in [3.8, 4) is 16.8 Å². The van der Waals surface area contributed by atoms with Gasteiger partial charge in [0.2, 0.25) is 0 Å². The quantitative estimate of drug-likeness (QED) is 0.421. The average Bonchev–Trinajstić information content (AvgIpc) is 3.56. The minimum absolute atomic E-state index is 0.284. The summed E-state index contributed by atoms with van der Waals surface area (Å²) in [5, 5.41) is 25.8. The maximum absolute atomic E-state index is 9.16. The highest BCUT2D eigenvalue weighted by molar-refractivity contribution is 5.76. The molecule has 188 valence electrons. The van der Waals surface area contributed by atoms with Crippen molar-refractivity contribution in [1.29, 1.82) is 0 Å². The first-order chi connectivity index (χ1) is 16.9. The first kappa shape index (κ1) is 26.4. The van der Waals surface area contributed by atoms with Crippen molar-refractivity contribution in [2.45, 2.75) is 45.2 Å². The van der Waals surface area contributed by atoms with Gasteiger partial charge in [-0.3, -0.25) is 4.99 Å². The van der Waals surface area contributed by atoms with Crippen molar-refractivity contribution in [2.75, 3.05) is 31.3 Å². The van der Waals surface area contributed by atoms with Gasteiger partial charge in [0.1, 0.15) is 30.2 Å². The van der Waals surface area contributed by atoms with Crippen molar-refractivity contribution < 1.29 is 19.7 Å². The highest BCUT2D eigenvalue weighted by Gasteiger charge is 2.46. The predicted molar refractivity (Wildman–Crippen MR) is 140 cm³/mol. The fourth-order valence-electron chi connectivity index (χ4n) is 4.03. The molecule has 35 heavy (non-hydrogen) atoms. The summed E-state index contributed by atoms with van der Waals surface area (Å²) in [6.07, 6.45) is -1.70. The number of nitrogen functional groups attached to an aromatic ring is 1. The number of nitrogens with two attached hydrogens (primary N) is 1. The Kier molecular flexibility index (Phi) is 9.00. The molecule has 2 aliphatic rings. The third-order valence-electron chi connectivity index (χ3n) is 5.74. The van der Waals surface area contributed by atoms with Gasteiger partial charge in [-0.15, -0.1) is 0 Å². The third kappa shape index (κ3) is 5.88. The molecular formula is C26H35N5O4. The van der Waals surface area contributed by atoms with E-state index in [1.165, 1.54) is 0 Å². The average molecular weight is 482 g/mol. The fourth-order valence-corrected chi connectivity index (χ4v) is 4.03. The Labute approximate surface area is 206 Å². The molecule has 3 aromatic rings. The molecule has 2 saturated heterocycles. The van der Waals surface area contributed by atoms with Crippen molar-refractivity contribution in [2.24, 2.45) is 4.99 Å². The molecule has 5 rings (SSSR count). The molecular weight excluding hydrogens is 446 g/mol. The Balaban J connectivity index is 0.000000236. The van der Waals surface area contributed by atoms with E-state index in [9.17, 15) is 0 Å². The summed E-state index contributed by atoms with van der Waals surface area (Å²) in [7, 11) is 1.87. The minimum atomic E-state index is -0.554. The first-order valence-electron chi connectivity index (χ1n) is 11.7. The van der Waals surface area contributed by atoms with E-state index in [-0.39, 0.29) is 25.4 Å². The van der Waals surface area contributed by atoms with Crippen molar-refractivity contribution in [1.82, 2.24) is 9.78 Å². The topological polar surface area (TPSA) is 127 Å². The molecule has 4 atom stereocenters. The highest BCUT2D eigenvalue weighted by atomic mass is 16.6. The van der Waals surface area contributed by atoms with Crippen molar-refractivity contribution in [3.63, 3.8) is 0 Å². The standard InChI is InChI=1S/C18H19N5.C6H10O4.C2H6/c1-12-10-18(19)23(22-12)15-7-4-13(5-8-15)14-6-9-16(20-2)17(11-14)21-3;7-3-1-9-6-4(8)2-10-5(3)6;1-2/h4-11,20H,3,19H2,1-2H3;3-8H,1-2H2;1-2H3. The summed E-state index contributed by atoms with van der Waals surface area (Å²) in [5.74, 6) is 0.631. The number of ether oxygens (including phenoxy) is 2. The summed E-state index contributed by atoms with van der Waals surface area (Å²) in [5.41, 5.74) is 11.8. The van der Waals surface area contributed by atoms with Gasteiger partial charge in [-0.05, 0) is 49.0 Å². The van der Waals surface area contributed by atoms with Crippen LogP contribution in [0.15, 0.2) is 53.5 Å². The Morgan fingerprint density at radius 3 is 2.06 bits per heavy atom. The minimum Gasteiger partial charge on any atom is -0.388 e. The number of benzene rings is 2. The van der Waals surface area contributed by atoms with Crippen LogP contribution < -0.4 is 11.1 Å². The number of hydrogen-bond donors (Lipinski definition) is 4. The lowest BCUT2D eigenvalue weighted by molar-refractivity contribution is 0.00205. The number of rotatable bonds is 4. The number of aryl methyl sites for hydroxylation is 1. The van der Waals surface area contributed by atoms with E-state index < -0.39 is 12.2 Å². The SMILES string of the molecule is C=Nc1cc(-c2ccc(-n3nc(C)cc3N)cc2)ccc1NC.CC.OC1COC2C(O)COC12. The van der Waals surface area contributed by atoms with Gasteiger partial charge in [0, 0.05) is 13.1 Å². The van der Waals surface area contributed by atoms with Gasteiger partial charge >= 0.3 is 0 Å². The van der Waals surface area contributed by atoms with Crippen LogP contribution in [-0.2, 0) is 9.47 Å². The van der Waals surface area contributed by atoms with Crippen molar-refractivity contribution in [3.05, 3.63) is 54.2 Å². The number of aromatic nitrogens is 2. The largest absolute Gasteiger partial charge is 0.388 e. The monoisotopic (exact) mass is 481 g/mol. The summed E-state index contributed by atoms with van der Waals surface area (Å²) in [4.78, 5) is 4.06. The van der Waals surface area contributed by atoms with E-state index in [0.717, 1.165) is 33.9 Å². The first-order valence-corrected chi connectivity index (χ1v) is 11.7. The zero-order valence-electron chi connectivity index (χ0n) is 20.7. The number of aliphatic imine (C=N–C) groups is 1. The zero-order chi connectivity index (χ0) is 25.5. The third-order valence-corrected chi connectivity index (χ3v) is 5.74. The number of anilines is 2. The second kappa shape index (κ2) is 11.9.